The number of rotatable bonds is 3. The van der Waals surface area contributed by atoms with E-state index in [1.807, 2.05) is 36.4 Å². The maximum Gasteiger partial charge on any atom is 0.247 e. The predicted octanol–water partition coefficient (Wildman–Crippen LogP) is 6.45. The lowest BCUT2D eigenvalue weighted by atomic mass is 9.78. The zero-order valence-electron chi connectivity index (χ0n) is 20.4. The Morgan fingerprint density at radius 2 is 1.64 bits per heavy atom. The molecule has 3 aromatic rings. The van der Waals surface area contributed by atoms with Gasteiger partial charge in [0.1, 0.15) is 5.75 Å². The van der Waals surface area contributed by atoms with E-state index in [0.29, 0.717) is 22.5 Å². The van der Waals surface area contributed by atoms with Crippen LogP contribution in [-0.4, -0.2) is 26.0 Å². The van der Waals surface area contributed by atoms with Gasteiger partial charge in [-0.1, -0.05) is 78.4 Å². The first-order valence-corrected chi connectivity index (χ1v) is 12.3. The van der Waals surface area contributed by atoms with Gasteiger partial charge in [-0.05, 0) is 34.8 Å². The standard InChI is InChI=1S/C26H32N4O2S/c1-8-33-24-28-23-20(29-30-24)16-11-9-10-12-19(16)27-22(32-23)15-13-17(25(2,3)4)21(31)18(14-15)26(5,6)7/h9-14,22,27,31H,8H2,1-7H3/t22-/m0/s1. The van der Waals surface area contributed by atoms with Crippen LogP contribution in [0, 0.1) is 0 Å². The average Bonchev–Trinajstić information content (AvgIpc) is 2.89. The highest BCUT2D eigenvalue weighted by atomic mass is 32.2. The van der Waals surface area contributed by atoms with Crippen LogP contribution >= 0.6 is 11.8 Å². The van der Waals surface area contributed by atoms with Gasteiger partial charge in [-0.3, -0.25) is 0 Å². The number of aromatic hydroxyl groups is 1. The SMILES string of the molecule is CCSc1nnc2c(n1)O[C@@H](c1cc(C(C)(C)C)c(O)c(C(C)(C)C)c1)Nc1ccccc1-2. The predicted molar refractivity (Wildman–Crippen MR) is 134 cm³/mol. The maximum atomic E-state index is 11.2. The fraction of sp³-hybridized carbons (Fsp3) is 0.423. The number of phenols is 1. The largest absolute Gasteiger partial charge is 0.507 e. The first-order valence-electron chi connectivity index (χ1n) is 11.3. The van der Waals surface area contributed by atoms with E-state index >= 15 is 0 Å². The second-order valence-electron chi connectivity index (χ2n) is 10.3. The van der Waals surface area contributed by atoms with Crippen LogP contribution < -0.4 is 10.1 Å². The van der Waals surface area contributed by atoms with E-state index < -0.39 is 6.23 Å². The van der Waals surface area contributed by atoms with Gasteiger partial charge in [-0.25, -0.2) is 0 Å². The van der Waals surface area contributed by atoms with E-state index in [4.69, 9.17) is 4.74 Å². The Morgan fingerprint density at radius 3 is 2.24 bits per heavy atom. The van der Waals surface area contributed by atoms with Gasteiger partial charge in [0.2, 0.25) is 11.0 Å². The topological polar surface area (TPSA) is 80.2 Å². The van der Waals surface area contributed by atoms with Crippen LogP contribution in [0.4, 0.5) is 5.69 Å². The summed E-state index contributed by atoms with van der Waals surface area (Å²) in [5.41, 5.74) is 4.63. The van der Waals surface area contributed by atoms with Crippen molar-refractivity contribution in [2.45, 2.75) is 70.7 Å². The Bertz CT molecular complexity index is 1150. The van der Waals surface area contributed by atoms with Gasteiger partial charge in [0.15, 0.2) is 11.9 Å². The molecule has 0 radical (unpaired) electrons. The Labute approximate surface area is 200 Å². The number of ether oxygens (including phenoxy) is 1. The molecular weight excluding hydrogens is 432 g/mol. The molecule has 1 aliphatic rings. The molecule has 0 aliphatic carbocycles. The molecule has 174 valence electrons. The molecule has 33 heavy (non-hydrogen) atoms. The third kappa shape index (κ3) is 4.64. The number of benzene rings is 2. The summed E-state index contributed by atoms with van der Waals surface area (Å²) in [4.78, 5) is 4.68. The molecule has 0 bridgehead atoms. The highest BCUT2D eigenvalue weighted by Gasteiger charge is 2.31. The summed E-state index contributed by atoms with van der Waals surface area (Å²) in [6, 6.07) is 12.0. The van der Waals surface area contributed by atoms with Crippen LogP contribution in [0.2, 0.25) is 0 Å². The number of hydrogen-bond acceptors (Lipinski definition) is 7. The summed E-state index contributed by atoms with van der Waals surface area (Å²) in [7, 11) is 0. The van der Waals surface area contributed by atoms with E-state index in [2.05, 4.69) is 69.0 Å². The molecule has 0 fully saturated rings. The monoisotopic (exact) mass is 464 g/mol. The first kappa shape index (κ1) is 23.4. The van der Waals surface area contributed by atoms with Crippen molar-refractivity contribution >= 4 is 17.4 Å². The molecule has 0 saturated heterocycles. The number of thioether (sulfide) groups is 1. The minimum Gasteiger partial charge on any atom is -0.507 e. The third-order valence-corrected chi connectivity index (χ3v) is 6.38. The molecule has 0 spiro atoms. The number of anilines is 1. The summed E-state index contributed by atoms with van der Waals surface area (Å²) < 4.78 is 6.47. The maximum absolute atomic E-state index is 11.2. The summed E-state index contributed by atoms with van der Waals surface area (Å²) in [6.07, 6.45) is -0.508. The van der Waals surface area contributed by atoms with Gasteiger partial charge < -0.3 is 15.2 Å². The molecule has 1 atom stereocenters. The Kier molecular flexibility index (Phi) is 6.03. The quantitative estimate of drug-likeness (QED) is 0.431. The van der Waals surface area contributed by atoms with Gasteiger partial charge in [0.05, 0.1) is 0 Å². The molecule has 2 N–H and O–H groups in total. The highest BCUT2D eigenvalue weighted by molar-refractivity contribution is 7.99. The lowest BCUT2D eigenvalue weighted by molar-refractivity contribution is 0.224. The summed E-state index contributed by atoms with van der Waals surface area (Å²) in [5.74, 6) is 1.64. The van der Waals surface area contributed by atoms with Crippen LogP contribution in [0.1, 0.15) is 71.4 Å². The molecule has 0 saturated carbocycles. The number of nitrogens with one attached hydrogen (secondary N) is 1. The lowest BCUT2D eigenvalue weighted by Gasteiger charge is -2.30. The van der Waals surface area contributed by atoms with Gasteiger partial charge in [0, 0.05) is 27.9 Å². The van der Waals surface area contributed by atoms with E-state index in [1.54, 1.807) is 0 Å². The van der Waals surface area contributed by atoms with Crippen LogP contribution in [0.25, 0.3) is 11.3 Å². The Balaban J connectivity index is 1.90. The van der Waals surface area contributed by atoms with E-state index in [1.165, 1.54) is 11.8 Å². The zero-order chi connectivity index (χ0) is 24.0. The van der Waals surface area contributed by atoms with Crippen molar-refractivity contribution in [3.8, 4) is 22.9 Å². The molecule has 4 rings (SSSR count). The number of fused-ring (bicyclic) bond motifs is 3. The van der Waals surface area contributed by atoms with Crippen LogP contribution in [0.15, 0.2) is 41.6 Å². The van der Waals surface area contributed by atoms with Crippen molar-refractivity contribution < 1.29 is 9.84 Å². The summed E-state index contributed by atoms with van der Waals surface area (Å²) >= 11 is 1.53. The Morgan fingerprint density at radius 1 is 1.00 bits per heavy atom. The second-order valence-corrected chi connectivity index (χ2v) is 11.6. The van der Waals surface area contributed by atoms with Gasteiger partial charge >= 0.3 is 0 Å². The fourth-order valence-electron chi connectivity index (χ4n) is 3.94. The van der Waals surface area contributed by atoms with E-state index in [0.717, 1.165) is 33.7 Å². The number of aromatic nitrogens is 3. The number of hydrogen-bond donors (Lipinski definition) is 2. The molecule has 2 heterocycles. The van der Waals surface area contributed by atoms with Gasteiger partial charge in [0.25, 0.3) is 0 Å². The molecule has 1 aliphatic heterocycles. The first-order chi connectivity index (χ1) is 15.5. The number of para-hydroxylation sites is 1. The lowest BCUT2D eigenvalue weighted by Crippen LogP contribution is -2.22. The number of phenolic OH excluding ortho intramolecular Hbond substituents is 1. The molecule has 0 unspecified atom stereocenters. The fourth-order valence-corrected chi connectivity index (χ4v) is 4.44. The van der Waals surface area contributed by atoms with E-state index in [-0.39, 0.29) is 10.8 Å². The summed E-state index contributed by atoms with van der Waals surface area (Å²) in [5, 5.41) is 24.0. The van der Waals surface area contributed by atoms with Crippen molar-refractivity contribution in [2.75, 3.05) is 11.1 Å². The molecule has 6 nitrogen and oxygen atoms in total. The molecule has 1 aromatic heterocycles. The molecule has 2 aromatic carbocycles. The zero-order valence-corrected chi connectivity index (χ0v) is 21.2. The molecular formula is C26H32N4O2S. The summed E-state index contributed by atoms with van der Waals surface area (Å²) in [6.45, 7) is 14.7. The van der Waals surface area contributed by atoms with E-state index in [9.17, 15) is 5.11 Å². The third-order valence-electron chi connectivity index (χ3n) is 5.66. The highest BCUT2D eigenvalue weighted by Crippen LogP contribution is 2.44. The van der Waals surface area contributed by atoms with Gasteiger partial charge in [-0.15, -0.1) is 10.2 Å². The van der Waals surface area contributed by atoms with Crippen LogP contribution in [0.5, 0.6) is 11.6 Å². The van der Waals surface area contributed by atoms with Crippen LogP contribution in [-0.2, 0) is 10.8 Å². The Hall–Kier alpha value is -2.80. The van der Waals surface area contributed by atoms with Crippen molar-refractivity contribution in [1.29, 1.82) is 0 Å². The minimum absolute atomic E-state index is 0.241. The normalized spacial score (nSPS) is 15.7. The van der Waals surface area contributed by atoms with Gasteiger partial charge in [-0.2, -0.15) is 4.98 Å². The van der Waals surface area contributed by atoms with Crippen LogP contribution in [0.3, 0.4) is 0 Å². The molecule has 0 amide bonds. The van der Waals surface area contributed by atoms with Crippen molar-refractivity contribution in [1.82, 2.24) is 15.2 Å². The number of nitrogens with zero attached hydrogens (tertiary/aromatic N) is 3. The minimum atomic E-state index is -0.508. The molecule has 7 heteroatoms. The van der Waals surface area contributed by atoms with Crippen molar-refractivity contribution in [3.63, 3.8) is 0 Å². The average molecular weight is 465 g/mol. The van der Waals surface area contributed by atoms with Crippen molar-refractivity contribution in [2.24, 2.45) is 0 Å². The smallest absolute Gasteiger partial charge is 0.247 e. The van der Waals surface area contributed by atoms with Crippen molar-refractivity contribution in [3.05, 3.63) is 53.1 Å². The second kappa shape index (κ2) is 8.52.